The monoisotopic (exact) mass is 299 g/mol. The summed E-state index contributed by atoms with van der Waals surface area (Å²) in [4.78, 5) is 1.91. The van der Waals surface area contributed by atoms with E-state index in [1.807, 2.05) is 44.9 Å². The number of halogens is 3. The highest BCUT2D eigenvalue weighted by molar-refractivity contribution is 5.32. The number of nitrogens with zero attached hydrogens (tertiary/aromatic N) is 3. The Labute approximate surface area is 122 Å². The second kappa shape index (κ2) is 5.40. The molecule has 6 heteroatoms. The molecule has 0 bridgehead atoms. The van der Waals surface area contributed by atoms with E-state index in [1.54, 1.807) is 0 Å². The zero-order chi connectivity index (χ0) is 15.8. The van der Waals surface area contributed by atoms with Gasteiger partial charge in [-0.05, 0) is 38.9 Å². The maximum Gasteiger partial charge on any atom is 0.437 e. The van der Waals surface area contributed by atoms with Gasteiger partial charge in [0.25, 0.3) is 5.66 Å². The van der Waals surface area contributed by atoms with E-state index in [2.05, 4.69) is 16.3 Å². The maximum atomic E-state index is 12.8. The summed E-state index contributed by atoms with van der Waals surface area (Å²) in [5, 5.41) is 6.42. The summed E-state index contributed by atoms with van der Waals surface area (Å²) in [6.45, 7) is 6.34. The van der Waals surface area contributed by atoms with Crippen LogP contribution in [0.4, 0.5) is 13.2 Å². The number of hydrogen-bond acceptors (Lipinski definition) is 3. The van der Waals surface area contributed by atoms with Crippen molar-refractivity contribution in [3.05, 3.63) is 34.9 Å². The van der Waals surface area contributed by atoms with Crippen LogP contribution in [-0.4, -0.2) is 30.3 Å². The number of aryl methyl sites for hydroxylation is 2. The van der Waals surface area contributed by atoms with Crippen LogP contribution in [0.25, 0.3) is 0 Å². The van der Waals surface area contributed by atoms with Gasteiger partial charge in [0, 0.05) is 19.0 Å². The van der Waals surface area contributed by atoms with Crippen molar-refractivity contribution in [3.63, 3.8) is 0 Å². The number of alkyl halides is 3. The largest absolute Gasteiger partial charge is 0.437 e. The lowest BCUT2D eigenvalue weighted by Gasteiger charge is -2.27. The molecule has 0 amide bonds. The van der Waals surface area contributed by atoms with Gasteiger partial charge in [-0.3, -0.25) is 4.90 Å². The van der Waals surface area contributed by atoms with Crippen molar-refractivity contribution in [1.82, 2.24) is 4.90 Å². The van der Waals surface area contributed by atoms with E-state index in [0.717, 1.165) is 11.1 Å². The first-order valence-corrected chi connectivity index (χ1v) is 6.94. The number of hydrogen-bond donors (Lipinski definition) is 0. The van der Waals surface area contributed by atoms with E-state index in [9.17, 15) is 13.2 Å². The van der Waals surface area contributed by atoms with E-state index >= 15 is 0 Å². The third kappa shape index (κ3) is 3.26. The van der Waals surface area contributed by atoms with Gasteiger partial charge in [0.2, 0.25) is 0 Å². The van der Waals surface area contributed by atoms with Crippen molar-refractivity contribution in [1.29, 1.82) is 0 Å². The average Bonchev–Trinajstić information content (AvgIpc) is 3.15. The molecule has 0 fully saturated rings. The van der Waals surface area contributed by atoms with Crippen LogP contribution in [0.2, 0.25) is 0 Å². The zero-order valence-electron chi connectivity index (χ0n) is 12.7. The van der Waals surface area contributed by atoms with E-state index in [1.165, 1.54) is 5.56 Å². The molecule has 0 saturated heterocycles. The second-order valence-electron chi connectivity index (χ2n) is 5.78. The Kier molecular flexibility index (Phi) is 4.10. The summed E-state index contributed by atoms with van der Waals surface area (Å²) in [6.07, 6.45) is -4.50. The van der Waals surface area contributed by atoms with E-state index in [0.29, 0.717) is 6.54 Å². The van der Waals surface area contributed by atoms with Crippen LogP contribution >= 0.6 is 0 Å². The van der Waals surface area contributed by atoms with Gasteiger partial charge < -0.3 is 0 Å². The molecule has 1 aromatic rings. The van der Waals surface area contributed by atoms with Crippen LogP contribution in [-0.2, 0) is 0 Å². The van der Waals surface area contributed by atoms with Crippen molar-refractivity contribution in [2.45, 2.75) is 45.1 Å². The highest BCUT2D eigenvalue weighted by Gasteiger charge is 2.63. The first-order valence-electron chi connectivity index (χ1n) is 6.94. The minimum absolute atomic E-state index is 0.0506. The standard InChI is InChI=1S/C15H20F3N3/c1-10-5-6-13(11(2)9-10)12(3)21(4)8-7-14(19-20-14)15(16,17)18/h5-6,9,12H,7-8H2,1-4H3. The molecule has 1 aliphatic rings. The smallest absolute Gasteiger partial charge is 0.299 e. The highest BCUT2D eigenvalue weighted by atomic mass is 19.4. The molecular formula is C15H20F3N3. The molecule has 1 unspecified atom stereocenters. The molecule has 1 aromatic carbocycles. The Hall–Kier alpha value is -1.43. The fraction of sp³-hybridized carbons (Fsp3) is 0.600. The van der Waals surface area contributed by atoms with E-state index < -0.39 is 11.8 Å². The van der Waals surface area contributed by atoms with Gasteiger partial charge in [-0.2, -0.15) is 13.2 Å². The highest BCUT2D eigenvalue weighted by Crippen LogP contribution is 2.47. The molecule has 1 atom stereocenters. The van der Waals surface area contributed by atoms with Gasteiger partial charge in [-0.15, -0.1) is 10.2 Å². The van der Waals surface area contributed by atoms with Gasteiger partial charge in [-0.1, -0.05) is 23.8 Å². The van der Waals surface area contributed by atoms with Gasteiger partial charge >= 0.3 is 6.18 Å². The molecule has 1 aliphatic heterocycles. The third-order valence-electron chi connectivity index (χ3n) is 4.15. The molecule has 116 valence electrons. The van der Waals surface area contributed by atoms with Crippen LogP contribution in [0.1, 0.15) is 36.1 Å². The second-order valence-corrected chi connectivity index (χ2v) is 5.78. The summed E-state index contributed by atoms with van der Waals surface area (Å²) in [5.41, 5.74) is 1.32. The minimum atomic E-state index is -4.38. The van der Waals surface area contributed by atoms with Crippen LogP contribution < -0.4 is 0 Å². The van der Waals surface area contributed by atoms with Gasteiger partial charge in [0.1, 0.15) is 0 Å². The van der Waals surface area contributed by atoms with Crippen LogP contribution in [0.3, 0.4) is 0 Å². The van der Waals surface area contributed by atoms with Crippen molar-refractivity contribution in [3.8, 4) is 0 Å². The fourth-order valence-corrected chi connectivity index (χ4v) is 2.47. The zero-order valence-corrected chi connectivity index (χ0v) is 12.7. The van der Waals surface area contributed by atoms with Crippen molar-refractivity contribution in [2.24, 2.45) is 10.2 Å². The summed E-state index contributed by atoms with van der Waals surface area (Å²) in [6, 6.07) is 6.20. The topological polar surface area (TPSA) is 28.0 Å². The molecular weight excluding hydrogens is 279 g/mol. The molecule has 0 spiro atoms. The van der Waals surface area contributed by atoms with Gasteiger partial charge in [0.05, 0.1) is 0 Å². The van der Waals surface area contributed by atoms with E-state index in [-0.39, 0.29) is 12.5 Å². The van der Waals surface area contributed by atoms with Crippen LogP contribution in [0.5, 0.6) is 0 Å². The van der Waals surface area contributed by atoms with E-state index in [4.69, 9.17) is 0 Å². The van der Waals surface area contributed by atoms with Crippen molar-refractivity contribution < 1.29 is 13.2 Å². The lowest BCUT2D eigenvalue weighted by molar-refractivity contribution is -0.165. The molecule has 0 aromatic heterocycles. The SMILES string of the molecule is Cc1ccc(C(C)N(C)CCC2(C(F)(F)F)N=N2)c(C)c1. The van der Waals surface area contributed by atoms with Gasteiger partial charge in [0.15, 0.2) is 0 Å². The lowest BCUT2D eigenvalue weighted by atomic mass is 9.99. The molecule has 3 nitrogen and oxygen atoms in total. The normalized spacial score (nSPS) is 18.1. The average molecular weight is 299 g/mol. The van der Waals surface area contributed by atoms with Crippen molar-refractivity contribution in [2.75, 3.05) is 13.6 Å². The quantitative estimate of drug-likeness (QED) is 0.791. The summed E-state index contributed by atoms with van der Waals surface area (Å²) >= 11 is 0. The first kappa shape index (κ1) is 15.9. The molecule has 2 rings (SSSR count). The van der Waals surface area contributed by atoms with Crippen LogP contribution in [0.15, 0.2) is 28.4 Å². The predicted molar refractivity (Wildman–Crippen MR) is 75.2 cm³/mol. The van der Waals surface area contributed by atoms with Gasteiger partial charge in [-0.25, -0.2) is 0 Å². The summed E-state index contributed by atoms with van der Waals surface area (Å²) < 4.78 is 38.3. The molecule has 0 aliphatic carbocycles. The van der Waals surface area contributed by atoms with Crippen LogP contribution in [0, 0.1) is 13.8 Å². The maximum absolute atomic E-state index is 12.8. The Morgan fingerprint density at radius 3 is 2.33 bits per heavy atom. The number of benzene rings is 1. The summed E-state index contributed by atoms with van der Waals surface area (Å²) in [5.74, 6) is 0. The summed E-state index contributed by atoms with van der Waals surface area (Å²) in [7, 11) is 1.83. The molecule has 0 N–H and O–H groups in total. The first-order chi connectivity index (χ1) is 9.66. The lowest BCUT2D eigenvalue weighted by Crippen LogP contribution is -2.37. The Morgan fingerprint density at radius 2 is 1.86 bits per heavy atom. The predicted octanol–water partition coefficient (Wildman–Crippen LogP) is 4.41. The Bertz CT molecular complexity index is 546. The molecule has 21 heavy (non-hydrogen) atoms. The fourth-order valence-electron chi connectivity index (χ4n) is 2.47. The number of rotatable bonds is 5. The van der Waals surface area contributed by atoms with Crippen molar-refractivity contribution >= 4 is 0 Å². The molecule has 0 saturated carbocycles. The minimum Gasteiger partial charge on any atom is -0.299 e. The molecule has 1 heterocycles. The molecule has 0 radical (unpaired) electrons. The third-order valence-corrected chi connectivity index (χ3v) is 4.15. The Morgan fingerprint density at radius 1 is 1.24 bits per heavy atom. The Balaban J connectivity index is 1.99.